The molecule has 0 aromatic heterocycles. The minimum atomic E-state index is 0.391. The Balaban J connectivity index is 1.98. The number of aliphatic imine (C=N–C) groups is 1. The van der Waals surface area contributed by atoms with E-state index in [0.717, 1.165) is 17.9 Å². The minimum absolute atomic E-state index is 0.391. The number of ether oxygens (including phenoxy) is 2. The van der Waals surface area contributed by atoms with Gasteiger partial charge in [-0.15, -0.1) is 0 Å². The summed E-state index contributed by atoms with van der Waals surface area (Å²) in [5.74, 6) is 1.49. The van der Waals surface area contributed by atoms with Crippen LogP contribution in [0.25, 0.3) is 0 Å². The molecule has 1 aromatic carbocycles. The first-order chi connectivity index (χ1) is 7.25. The molecule has 0 amide bonds. The van der Waals surface area contributed by atoms with Crippen molar-refractivity contribution in [1.29, 1.82) is 0 Å². The number of hydrogen-bond acceptors (Lipinski definition) is 3. The van der Waals surface area contributed by atoms with Gasteiger partial charge in [0.25, 0.3) is 0 Å². The lowest BCUT2D eigenvalue weighted by Crippen LogP contribution is -2.11. The topological polar surface area (TPSA) is 30.8 Å². The molecule has 1 aliphatic heterocycles. The Labute approximate surface area is 93.7 Å². The molecule has 0 unspecified atom stereocenters. The fourth-order valence-electron chi connectivity index (χ4n) is 1.38. The van der Waals surface area contributed by atoms with Crippen molar-refractivity contribution < 1.29 is 9.47 Å². The molecule has 3 nitrogen and oxygen atoms in total. The van der Waals surface area contributed by atoms with Crippen LogP contribution in [-0.2, 0) is 4.74 Å². The van der Waals surface area contributed by atoms with E-state index in [-0.39, 0.29) is 0 Å². The lowest BCUT2D eigenvalue weighted by Gasteiger charge is -2.08. The van der Waals surface area contributed by atoms with Gasteiger partial charge in [0.15, 0.2) is 6.61 Å². The van der Waals surface area contributed by atoms with Crippen LogP contribution in [0.3, 0.4) is 0 Å². The molecule has 0 bridgehead atoms. The van der Waals surface area contributed by atoms with Gasteiger partial charge in [-0.05, 0) is 30.7 Å². The van der Waals surface area contributed by atoms with Crippen molar-refractivity contribution in [2.45, 2.75) is 6.92 Å². The quantitative estimate of drug-likeness (QED) is 0.791. The molecule has 0 fully saturated rings. The summed E-state index contributed by atoms with van der Waals surface area (Å²) in [7, 11) is 0. The second kappa shape index (κ2) is 4.53. The van der Waals surface area contributed by atoms with Crippen LogP contribution in [0.2, 0.25) is 5.02 Å². The van der Waals surface area contributed by atoms with Gasteiger partial charge in [-0.25, -0.2) is 4.99 Å². The Bertz CT molecular complexity index is 390. The smallest absolute Gasteiger partial charge is 0.222 e. The van der Waals surface area contributed by atoms with E-state index in [0.29, 0.717) is 24.1 Å². The molecule has 0 saturated carbocycles. The van der Waals surface area contributed by atoms with Crippen LogP contribution in [0.1, 0.15) is 5.56 Å². The summed E-state index contributed by atoms with van der Waals surface area (Å²) in [4.78, 5) is 4.14. The van der Waals surface area contributed by atoms with Gasteiger partial charge in [0.05, 0.1) is 6.54 Å². The van der Waals surface area contributed by atoms with Crippen molar-refractivity contribution >= 4 is 17.5 Å². The monoisotopic (exact) mass is 225 g/mol. The minimum Gasteiger partial charge on any atom is -0.484 e. The first-order valence-corrected chi connectivity index (χ1v) is 5.18. The summed E-state index contributed by atoms with van der Waals surface area (Å²) < 4.78 is 10.8. The van der Waals surface area contributed by atoms with Gasteiger partial charge in [-0.2, -0.15) is 0 Å². The highest BCUT2D eigenvalue weighted by Gasteiger charge is 2.08. The van der Waals surface area contributed by atoms with Crippen LogP contribution in [0, 0.1) is 6.92 Å². The predicted octanol–water partition coefficient (Wildman–Crippen LogP) is 2.46. The lowest BCUT2D eigenvalue weighted by molar-refractivity contribution is 0.292. The van der Waals surface area contributed by atoms with Crippen molar-refractivity contribution in [3.05, 3.63) is 28.8 Å². The average molecular weight is 226 g/mol. The molecule has 1 heterocycles. The van der Waals surface area contributed by atoms with Gasteiger partial charge in [0, 0.05) is 5.02 Å². The third-order valence-electron chi connectivity index (χ3n) is 2.14. The fourth-order valence-corrected chi connectivity index (χ4v) is 1.61. The van der Waals surface area contributed by atoms with E-state index in [1.165, 1.54) is 0 Å². The largest absolute Gasteiger partial charge is 0.484 e. The van der Waals surface area contributed by atoms with Gasteiger partial charge in [0.2, 0.25) is 5.90 Å². The fraction of sp³-hybridized carbons (Fsp3) is 0.364. The first kappa shape index (κ1) is 10.3. The SMILES string of the molecule is Cc1cc(Cl)ccc1OCC1=NCCO1. The number of hydrogen-bond donors (Lipinski definition) is 0. The Morgan fingerprint density at radius 1 is 1.53 bits per heavy atom. The molecule has 1 aliphatic rings. The molecule has 0 saturated heterocycles. The third-order valence-corrected chi connectivity index (χ3v) is 2.37. The number of nitrogens with zero attached hydrogens (tertiary/aromatic N) is 1. The maximum absolute atomic E-state index is 5.84. The Morgan fingerprint density at radius 2 is 2.40 bits per heavy atom. The van der Waals surface area contributed by atoms with Crippen LogP contribution in [0.5, 0.6) is 5.75 Å². The van der Waals surface area contributed by atoms with E-state index in [2.05, 4.69) is 4.99 Å². The maximum atomic E-state index is 5.84. The number of rotatable bonds is 3. The van der Waals surface area contributed by atoms with Crippen LogP contribution >= 0.6 is 11.6 Å². The number of benzene rings is 1. The molecule has 0 spiro atoms. The summed E-state index contributed by atoms with van der Waals surface area (Å²) >= 11 is 5.84. The highest BCUT2D eigenvalue weighted by Crippen LogP contribution is 2.21. The predicted molar refractivity (Wildman–Crippen MR) is 59.9 cm³/mol. The summed E-state index contributed by atoms with van der Waals surface area (Å²) in [6.45, 7) is 3.75. The molecule has 2 rings (SSSR count). The van der Waals surface area contributed by atoms with Crippen molar-refractivity contribution in [2.24, 2.45) is 4.99 Å². The second-order valence-electron chi connectivity index (χ2n) is 3.32. The zero-order valence-corrected chi connectivity index (χ0v) is 9.25. The van der Waals surface area contributed by atoms with E-state index in [1.54, 1.807) is 6.07 Å². The standard InChI is InChI=1S/C11H12ClNO2/c1-8-6-9(12)2-3-10(8)15-7-11-13-4-5-14-11/h2-3,6H,4-5,7H2,1H3. The van der Waals surface area contributed by atoms with Gasteiger partial charge >= 0.3 is 0 Å². The van der Waals surface area contributed by atoms with Crippen LogP contribution < -0.4 is 4.74 Å². The Hall–Kier alpha value is -1.22. The molecule has 0 aliphatic carbocycles. The molecule has 15 heavy (non-hydrogen) atoms. The summed E-state index contributed by atoms with van der Waals surface area (Å²) in [6.07, 6.45) is 0. The third kappa shape index (κ3) is 2.63. The molecule has 0 N–H and O–H groups in total. The summed E-state index contributed by atoms with van der Waals surface area (Å²) in [5, 5.41) is 0.717. The van der Waals surface area contributed by atoms with Crippen molar-refractivity contribution in [2.75, 3.05) is 19.8 Å². The van der Waals surface area contributed by atoms with Crippen LogP contribution in [0.4, 0.5) is 0 Å². The molecule has 0 radical (unpaired) electrons. The maximum Gasteiger partial charge on any atom is 0.222 e. The highest BCUT2D eigenvalue weighted by molar-refractivity contribution is 6.30. The van der Waals surface area contributed by atoms with E-state index >= 15 is 0 Å². The van der Waals surface area contributed by atoms with Crippen LogP contribution in [-0.4, -0.2) is 25.7 Å². The van der Waals surface area contributed by atoms with Crippen molar-refractivity contribution in [1.82, 2.24) is 0 Å². The molecule has 0 atom stereocenters. The Kier molecular flexibility index (Phi) is 3.11. The van der Waals surface area contributed by atoms with E-state index in [9.17, 15) is 0 Å². The van der Waals surface area contributed by atoms with Gasteiger partial charge in [-0.1, -0.05) is 11.6 Å². The molecule has 4 heteroatoms. The zero-order valence-electron chi connectivity index (χ0n) is 8.50. The number of halogens is 1. The summed E-state index contributed by atoms with van der Waals surface area (Å²) in [5.41, 5.74) is 1.01. The van der Waals surface area contributed by atoms with E-state index in [1.807, 2.05) is 19.1 Å². The average Bonchev–Trinajstić information content (AvgIpc) is 2.69. The van der Waals surface area contributed by atoms with Gasteiger partial charge < -0.3 is 9.47 Å². The Morgan fingerprint density at radius 3 is 3.07 bits per heavy atom. The zero-order chi connectivity index (χ0) is 10.7. The van der Waals surface area contributed by atoms with E-state index < -0.39 is 0 Å². The molecular weight excluding hydrogens is 214 g/mol. The van der Waals surface area contributed by atoms with E-state index in [4.69, 9.17) is 21.1 Å². The normalized spacial score (nSPS) is 14.7. The lowest BCUT2D eigenvalue weighted by atomic mass is 10.2. The van der Waals surface area contributed by atoms with Gasteiger partial charge in [0.1, 0.15) is 12.4 Å². The summed E-state index contributed by atoms with van der Waals surface area (Å²) in [6, 6.07) is 5.53. The second-order valence-corrected chi connectivity index (χ2v) is 3.76. The van der Waals surface area contributed by atoms with Crippen molar-refractivity contribution in [3.8, 4) is 5.75 Å². The highest BCUT2D eigenvalue weighted by atomic mass is 35.5. The van der Waals surface area contributed by atoms with Gasteiger partial charge in [-0.3, -0.25) is 0 Å². The van der Waals surface area contributed by atoms with Crippen LogP contribution in [0.15, 0.2) is 23.2 Å². The number of aryl methyl sites for hydroxylation is 1. The molecular formula is C11H12ClNO2. The molecule has 1 aromatic rings. The van der Waals surface area contributed by atoms with Crippen molar-refractivity contribution in [3.63, 3.8) is 0 Å². The molecule has 80 valence electrons. The first-order valence-electron chi connectivity index (χ1n) is 4.81.